The standard InChI is InChI=1S/C60H110O9/c1-7-10-13-16-19-22-25-28-31-34-37-40-43-46-49-52-56(61)67-55-59(60(64-4,65-5)66-6,68-57(62)53-50-47-44-41-38-35-32-29-26-23-20-17-14-11-8-2)69-58(63)54-51-48-45-42-39-36-33-30-27-24-21-18-15-12-9-3/h28-33H,7-27,34-55H2,1-6H3/b31-28-,32-29-,33-30-. The van der Waals surface area contributed by atoms with Crippen molar-refractivity contribution in [2.75, 3.05) is 27.9 Å². The zero-order valence-electron chi connectivity index (χ0n) is 46.0. The van der Waals surface area contributed by atoms with Crippen LogP contribution in [0.4, 0.5) is 0 Å². The van der Waals surface area contributed by atoms with Crippen molar-refractivity contribution in [3.05, 3.63) is 36.5 Å². The Morgan fingerprint density at radius 2 is 0.551 bits per heavy atom. The zero-order chi connectivity index (χ0) is 50.6. The van der Waals surface area contributed by atoms with Crippen LogP contribution in [0.3, 0.4) is 0 Å². The molecule has 0 aliphatic rings. The number of hydrogen-bond donors (Lipinski definition) is 0. The molecule has 0 fully saturated rings. The SMILES string of the molecule is CCCCCCCC/C=C\CCCCCCCC(=O)OCC(OC(=O)CCCCCCC/C=C\CCCCCCCC)(OC(=O)CCCCCCC/C=C\CCCCCCCC)C(OC)(OC)OC. The summed E-state index contributed by atoms with van der Waals surface area (Å²) in [5, 5.41) is 0. The summed E-state index contributed by atoms with van der Waals surface area (Å²) in [6.45, 7) is 6.13. The number of allylic oxidation sites excluding steroid dienone is 6. The fraction of sp³-hybridized carbons (Fsp3) is 0.850. The van der Waals surface area contributed by atoms with Gasteiger partial charge in [0.25, 0.3) is 0 Å². The number of hydrogen-bond acceptors (Lipinski definition) is 9. The number of rotatable bonds is 53. The van der Waals surface area contributed by atoms with Crippen LogP contribution in [0.5, 0.6) is 0 Å². The van der Waals surface area contributed by atoms with Crippen molar-refractivity contribution in [3.8, 4) is 0 Å². The first-order chi connectivity index (χ1) is 33.8. The second kappa shape index (κ2) is 50.5. The molecular weight excluding hydrogens is 865 g/mol. The fourth-order valence-corrected chi connectivity index (χ4v) is 8.75. The van der Waals surface area contributed by atoms with Gasteiger partial charge in [0, 0.05) is 40.6 Å². The highest BCUT2D eigenvalue weighted by Gasteiger charge is 2.63. The molecule has 0 aromatic heterocycles. The molecule has 0 saturated heterocycles. The smallest absolute Gasteiger partial charge is 0.374 e. The minimum absolute atomic E-state index is 0.0851. The van der Waals surface area contributed by atoms with Gasteiger partial charge < -0.3 is 28.4 Å². The van der Waals surface area contributed by atoms with Crippen LogP contribution >= 0.6 is 0 Å². The highest BCUT2D eigenvalue weighted by molar-refractivity contribution is 5.73. The zero-order valence-corrected chi connectivity index (χ0v) is 46.0. The third-order valence-corrected chi connectivity index (χ3v) is 13.2. The van der Waals surface area contributed by atoms with E-state index in [1.807, 2.05) is 0 Å². The number of methoxy groups -OCH3 is 3. The Labute approximate surface area is 425 Å². The van der Waals surface area contributed by atoms with Crippen molar-refractivity contribution in [2.45, 2.75) is 302 Å². The van der Waals surface area contributed by atoms with Crippen molar-refractivity contribution in [1.29, 1.82) is 0 Å². The minimum Gasteiger partial charge on any atom is -0.457 e. The number of carbonyl (C=O) groups excluding carboxylic acids is 3. The molecule has 0 saturated carbocycles. The lowest BCUT2D eigenvalue weighted by Gasteiger charge is -2.43. The minimum atomic E-state index is -2.33. The molecule has 69 heavy (non-hydrogen) atoms. The summed E-state index contributed by atoms with van der Waals surface area (Å²) in [7, 11) is 3.93. The van der Waals surface area contributed by atoms with Crippen molar-refractivity contribution in [2.24, 2.45) is 0 Å². The second-order valence-electron chi connectivity index (χ2n) is 19.5. The Hall–Kier alpha value is -2.49. The molecule has 404 valence electrons. The van der Waals surface area contributed by atoms with Crippen molar-refractivity contribution in [1.82, 2.24) is 0 Å². The van der Waals surface area contributed by atoms with Gasteiger partial charge >= 0.3 is 29.7 Å². The lowest BCUT2D eigenvalue weighted by molar-refractivity contribution is -0.469. The largest absolute Gasteiger partial charge is 0.457 e. The second-order valence-corrected chi connectivity index (χ2v) is 19.5. The van der Waals surface area contributed by atoms with Gasteiger partial charge in [0.05, 0.1) is 0 Å². The molecule has 0 radical (unpaired) electrons. The van der Waals surface area contributed by atoms with E-state index in [0.29, 0.717) is 19.3 Å². The number of carbonyl (C=O) groups is 3. The molecular formula is C60H110O9. The Morgan fingerprint density at radius 3 is 0.812 bits per heavy atom. The molecule has 0 aliphatic heterocycles. The quantitative estimate of drug-likeness (QED) is 0.0255. The Kier molecular flexibility index (Phi) is 48.6. The van der Waals surface area contributed by atoms with Crippen molar-refractivity contribution < 1.29 is 42.8 Å². The summed E-state index contributed by atoms with van der Waals surface area (Å²) in [5.41, 5.74) is 0. The summed E-state index contributed by atoms with van der Waals surface area (Å²) in [6, 6.07) is 0. The third kappa shape index (κ3) is 38.8. The lowest BCUT2D eigenvalue weighted by atomic mass is 10.1. The van der Waals surface area contributed by atoms with E-state index < -0.39 is 36.3 Å². The third-order valence-electron chi connectivity index (χ3n) is 13.2. The molecule has 9 heteroatoms. The predicted octanol–water partition coefficient (Wildman–Crippen LogP) is 18.0. The highest BCUT2D eigenvalue weighted by atomic mass is 16.9. The van der Waals surface area contributed by atoms with Crippen LogP contribution in [0.1, 0.15) is 290 Å². The summed E-state index contributed by atoms with van der Waals surface area (Å²) < 4.78 is 34.8. The van der Waals surface area contributed by atoms with Crippen LogP contribution in [0.25, 0.3) is 0 Å². The van der Waals surface area contributed by atoms with Crippen LogP contribution in [0.15, 0.2) is 36.5 Å². The maximum atomic E-state index is 13.6. The maximum absolute atomic E-state index is 13.6. The van der Waals surface area contributed by atoms with E-state index in [0.717, 1.165) is 109 Å². The number of unbranched alkanes of at least 4 members (excludes halogenated alkanes) is 33. The molecule has 0 aromatic carbocycles. The van der Waals surface area contributed by atoms with Crippen molar-refractivity contribution >= 4 is 17.9 Å². The van der Waals surface area contributed by atoms with Crippen LogP contribution in [-0.4, -0.2) is 57.6 Å². The van der Waals surface area contributed by atoms with Gasteiger partial charge in [-0.2, -0.15) is 0 Å². The molecule has 0 amide bonds. The van der Waals surface area contributed by atoms with Gasteiger partial charge in [-0.15, -0.1) is 0 Å². The van der Waals surface area contributed by atoms with Crippen molar-refractivity contribution in [3.63, 3.8) is 0 Å². The van der Waals surface area contributed by atoms with Gasteiger partial charge in [-0.1, -0.05) is 211 Å². The lowest BCUT2D eigenvalue weighted by Crippen LogP contribution is -2.65. The molecule has 9 nitrogen and oxygen atoms in total. The molecule has 0 heterocycles. The predicted molar refractivity (Wildman–Crippen MR) is 288 cm³/mol. The topological polar surface area (TPSA) is 107 Å². The summed E-state index contributed by atoms with van der Waals surface area (Å²) in [5.74, 6) is -6.25. The average Bonchev–Trinajstić information content (AvgIpc) is 3.35. The summed E-state index contributed by atoms with van der Waals surface area (Å²) >= 11 is 0. The Balaban J connectivity index is 5.23. The van der Waals surface area contributed by atoms with E-state index >= 15 is 0 Å². The van der Waals surface area contributed by atoms with E-state index in [1.165, 1.54) is 143 Å². The van der Waals surface area contributed by atoms with E-state index in [1.54, 1.807) is 0 Å². The van der Waals surface area contributed by atoms with E-state index in [4.69, 9.17) is 28.4 Å². The molecule has 0 spiro atoms. The monoisotopic (exact) mass is 975 g/mol. The first kappa shape index (κ1) is 66.5. The Morgan fingerprint density at radius 1 is 0.319 bits per heavy atom. The number of esters is 3. The van der Waals surface area contributed by atoms with E-state index in [9.17, 15) is 14.4 Å². The molecule has 0 rings (SSSR count). The van der Waals surface area contributed by atoms with Crippen LogP contribution in [0.2, 0.25) is 0 Å². The highest BCUT2D eigenvalue weighted by Crippen LogP contribution is 2.35. The van der Waals surface area contributed by atoms with Crippen LogP contribution in [-0.2, 0) is 42.8 Å². The first-order valence-electron chi connectivity index (χ1n) is 29.0. The van der Waals surface area contributed by atoms with Crippen LogP contribution in [0, 0.1) is 0 Å². The normalized spacial score (nSPS) is 12.3. The maximum Gasteiger partial charge on any atom is 0.374 e. The van der Waals surface area contributed by atoms with Gasteiger partial charge in [0.2, 0.25) is 0 Å². The first-order valence-corrected chi connectivity index (χ1v) is 29.0. The van der Waals surface area contributed by atoms with Gasteiger partial charge in [-0.25, -0.2) is 0 Å². The molecule has 0 atom stereocenters. The van der Waals surface area contributed by atoms with Gasteiger partial charge in [0.1, 0.15) is 0 Å². The molecule has 0 N–H and O–H groups in total. The average molecular weight is 976 g/mol. The molecule has 0 aliphatic carbocycles. The van der Waals surface area contributed by atoms with Gasteiger partial charge in [-0.05, 0) is 96.3 Å². The molecule has 0 aromatic rings. The molecule has 0 bridgehead atoms. The van der Waals surface area contributed by atoms with Crippen LogP contribution < -0.4 is 0 Å². The van der Waals surface area contributed by atoms with Gasteiger partial charge in [0.15, 0.2) is 6.61 Å². The fourth-order valence-electron chi connectivity index (χ4n) is 8.75. The Bertz CT molecular complexity index is 1180. The van der Waals surface area contributed by atoms with E-state index in [-0.39, 0.29) is 19.3 Å². The molecule has 0 unspecified atom stereocenters. The summed E-state index contributed by atoms with van der Waals surface area (Å²) in [4.78, 5) is 40.4. The summed E-state index contributed by atoms with van der Waals surface area (Å²) in [6.07, 6.45) is 58.9. The van der Waals surface area contributed by atoms with Gasteiger partial charge in [-0.3, -0.25) is 14.4 Å². The van der Waals surface area contributed by atoms with E-state index in [2.05, 4.69) is 57.2 Å². The number of ether oxygens (including phenoxy) is 6.